The zero-order chi connectivity index (χ0) is 24.7. The normalized spacial score (nSPS) is 14.8. The molecule has 1 N–H and O–H groups in total. The van der Waals surface area contributed by atoms with Gasteiger partial charge in [0.2, 0.25) is 11.8 Å². The molecule has 3 rings (SSSR count). The molecule has 1 unspecified atom stereocenters. The average Bonchev–Trinajstić information content (AvgIpc) is 3.35. The summed E-state index contributed by atoms with van der Waals surface area (Å²) in [5.74, 6) is 0.587. The fourth-order valence-electron chi connectivity index (χ4n) is 5.00. The van der Waals surface area contributed by atoms with Crippen LogP contribution in [-0.4, -0.2) is 37.4 Å². The number of benzene rings is 2. The molecule has 1 fully saturated rings. The van der Waals surface area contributed by atoms with E-state index in [1.807, 2.05) is 67.5 Å². The first-order chi connectivity index (χ1) is 16.3. The number of nitrogens with zero attached hydrogens (tertiary/aromatic N) is 2. The Kier molecular flexibility index (Phi) is 9.14. The Hall–Kier alpha value is -2.82. The van der Waals surface area contributed by atoms with Crippen molar-refractivity contribution in [2.75, 3.05) is 30.9 Å². The minimum absolute atomic E-state index is 0.117. The van der Waals surface area contributed by atoms with Crippen LogP contribution in [0.2, 0.25) is 0 Å². The molecule has 2 amide bonds. The highest BCUT2D eigenvalue weighted by Gasteiger charge is 2.27. The Morgan fingerprint density at radius 3 is 2.29 bits per heavy atom. The molecule has 2 aromatic rings. The summed E-state index contributed by atoms with van der Waals surface area (Å²) < 4.78 is 0. The minimum Gasteiger partial charge on any atom is -0.377 e. The van der Waals surface area contributed by atoms with Gasteiger partial charge in [-0.1, -0.05) is 63.9 Å². The van der Waals surface area contributed by atoms with Crippen molar-refractivity contribution in [1.29, 1.82) is 0 Å². The lowest BCUT2D eigenvalue weighted by molar-refractivity contribution is -0.134. The molecule has 0 aromatic heterocycles. The molecule has 34 heavy (non-hydrogen) atoms. The van der Waals surface area contributed by atoms with Gasteiger partial charge in [0.15, 0.2) is 0 Å². The zero-order valence-corrected chi connectivity index (χ0v) is 21.5. The fourth-order valence-corrected chi connectivity index (χ4v) is 5.00. The minimum atomic E-state index is -0.159. The van der Waals surface area contributed by atoms with Crippen LogP contribution in [0.5, 0.6) is 0 Å². The van der Waals surface area contributed by atoms with E-state index < -0.39 is 0 Å². The van der Waals surface area contributed by atoms with Crippen molar-refractivity contribution >= 4 is 23.2 Å². The number of hydrogen-bond acceptors (Lipinski definition) is 3. The van der Waals surface area contributed by atoms with Crippen LogP contribution in [0.15, 0.2) is 48.5 Å². The lowest BCUT2D eigenvalue weighted by Gasteiger charge is -2.30. The largest absolute Gasteiger partial charge is 0.377 e. The molecular weight excluding hydrogens is 422 g/mol. The molecule has 2 aromatic carbocycles. The smallest absolute Gasteiger partial charge is 0.230 e. The molecule has 1 saturated carbocycles. The Balaban J connectivity index is 1.87. The second-order valence-corrected chi connectivity index (χ2v) is 10.2. The first kappa shape index (κ1) is 25.8. The quantitative estimate of drug-likeness (QED) is 0.466. The van der Waals surface area contributed by atoms with Crippen molar-refractivity contribution in [2.45, 2.75) is 65.3 Å². The molecule has 5 heteroatoms. The lowest BCUT2D eigenvalue weighted by Crippen LogP contribution is -2.37. The second kappa shape index (κ2) is 12.0. The van der Waals surface area contributed by atoms with Crippen molar-refractivity contribution in [3.05, 3.63) is 59.7 Å². The van der Waals surface area contributed by atoms with Gasteiger partial charge in [-0.25, -0.2) is 0 Å². The second-order valence-electron chi connectivity index (χ2n) is 10.2. The summed E-state index contributed by atoms with van der Waals surface area (Å²) in [5.41, 5.74) is 3.98. The van der Waals surface area contributed by atoms with E-state index in [1.54, 1.807) is 0 Å². The van der Waals surface area contributed by atoms with Crippen LogP contribution in [0.25, 0.3) is 0 Å². The Morgan fingerprint density at radius 2 is 1.71 bits per heavy atom. The van der Waals surface area contributed by atoms with Gasteiger partial charge in [-0.05, 0) is 54.5 Å². The maximum atomic E-state index is 13.8. The maximum absolute atomic E-state index is 13.8. The molecule has 1 aliphatic rings. The number of carbonyl (C=O) groups is 2. The predicted molar refractivity (Wildman–Crippen MR) is 141 cm³/mol. The van der Waals surface area contributed by atoms with Crippen LogP contribution in [0.4, 0.5) is 11.4 Å². The van der Waals surface area contributed by atoms with Gasteiger partial charge >= 0.3 is 0 Å². The third-order valence-electron chi connectivity index (χ3n) is 6.72. The summed E-state index contributed by atoms with van der Waals surface area (Å²) in [7, 11) is 4.03. The first-order valence-electron chi connectivity index (χ1n) is 12.7. The summed E-state index contributed by atoms with van der Waals surface area (Å²) >= 11 is 0. The zero-order valence-electron chi connectivity index (χ0n) is 21.5. The molecule has 5 nitrogen and oxygen atoms in total. The molecule has 184 valence electrons. The highest BCUT2D eigenvalue weighted by molar-refractivity contribution is 5.93. The predicted octanol–water partition coefficient (Wildman–Crippen LogP) is 6.06. The van der Waals surface area contributed by atoms with E-state index >= 15 is 0 Å². The molecule has 0 radical (unpaired) electrons. The van der Waals surface area contributed by atoms with E-state index in [0.29, 0.717) is 19.0 Å². The summed E-state index contributed by atoms with van der Waals surface area (Å²) in [5, 5.41) is 3.13. The van der Waals surface area contributed by atoms with Crippen molar-refractivity contribution in [3.63, 3.8) is 0 Å². The van der Waals surface area contributed by atoms with Crippen molar-refractivity contribution in [3.8, 4) is 0 Å². The lowest BCUT2D eigenvalue weighted by atomic mass is 9.94. The van der Waals surface area contributed by atoms with E-state index in [0.717, 1.165) is 54.6 Å². The SMILES string of the molecule is CCC(C(=O)N(Cc1cc(NC(=O)C2CCCC2)ccc1N(C)C)CC(C)C)c1ccccc1. The Morgan fingerprint density at radius 1 is 1.03 bits per heavy atom. The third-order valence-corrected chi connectivity index (χ3v) is 6.72. The fraction of sp³-hybridized carbons (Fsp3) is 0.517. The van der Waals surface area contributed by atoms with Gasteiger partial charge in [0.25, 0.3) is 0 Å². The standard InChI is InChI=1S/C29H41N3O2/c1-6-26(22-12-8-7-9-13-22)29(34)32(19-21(2)3)20-24-18-25(16-17-27(24)31(4)5)30-28(33)23-14-10-11-15-23/h7-9,12-13,16-18,21,23,26H,6,10-11,14-15,19-20H2,1-5H3,(H,30,33). The van der Waals surface area contributed by atoms with E-state index in [1.165, 1.54) is 0 Å². The molecular formula is C29H41N3O2. The summed E-state index contributed by atoms with van der Waals surface area (Å²) in [6.45, 7) is 7.58. The van der Waals surface area contributed by atoms with Gasteiger partial charge in [-0.3, -0.25) is 9.59 Å². The van der Waals surface area contributed by atoms with Gasteiger partial charge in [0, 0.05) is 44.5 Å². The summed E-state index contributed by atoms with van der Waals surface area (Å²) in [6.07, 6.45) is 4.98. The third kappa shape index (κ3) is 6.62. The molecule has 0 aliphatic heterocycles. The van der Waals surface area contributed by atoms with Crippen LogP contribution < -0.4 is 10.2 Å². The molecule has 0 spiro atoms. The number of carbonyl (C=O) groups excluding carboxylic acids is 2. The van der Waals surface area contributed by atoms with Crippen molar-refractivity contribution in [1.82, 2.24) is 4.90 Å². The number of anilines is 2. The van der Waals surface area contributed by atoms with Crippen LogP contribution in [0.1, 0.15) is 69.9 Å². The van der Waals surface area contributed by atoms with Crippen molar-refractivity contribution < 1.29 is 9.59 Å². The van der Waals surface area contributed by atoms with Gasteiger partial charge < -0.3 is 15.1 Å². The highest BCUT2D eigenvalue weighted by Crippen LogP contribution is 2.30. The van der Waals surface area contributed by atoms with Gasteiger partial charge in [-0.2, -0.15) is 0 Å². The van der Waals surface area contributed by atoms with Gasteiger partial charge in [0.1, 0.15) is 0 Å². The van der Waals surface area contributed by atoms with Crippen molar-refractivity contribution in [2.24, 2.45) is 11.8 Å². The molecule has 0 saturated heterocycles. The number of nitrogens with one attached hydrogen (secondary N) is 1. The average molecular weight is 464 g/mol. The first-order valence-corrected chi connectivity index (χ1v) is 12.7. The Labute approximate surface area is 205 Å². The highest BCUT2D eigenvalue weighted by atomic mass is 16.2. The molecule has 0 bridgehead atoms. The van der Waals surface area contributed by atoms with Crippen LogP contribution in [0.3, 0.4) is 0 Å². The number of rotatable bonds is 10. The van der Waals surface area contributed by atoms with E-state index in [9.17, 15) is 9.59 Å². The topological polar surface area (TPSA) is 52.7 Å². The monoisotopic (exact) mass is 463 g/mol. The molecule has 1 aliphatic carbocycles. The maximum Gasteiger partial charge on any atom is 0.230 e. The van der Waals surface area contributed by atoms with Crippen LogP contribution >= 0.6 is 0 Å². The number of amides is 2. The Bertz CT molecular complexity index is 949. The van der Waals surface area contributed by atoms with Crippen LogP contribution in [0, 0.1) is 11.8 Å². The van der Waals surface area contributed by atoms with Gasteiger partial charge in [0.05, 0.1) is 5.92 Å². The molecule has 1 atom stereocenters. The van der Waals surface area contributed by atoms with E-state index in [4.69, 9.17) is 0 Å². The molecule has 0 heterocycles. The van der Waals surface area contributed by atoms with E-state index in [-0.39, 0.29) is 23.7 Å². The number of hydrogen-bond donors (Lipinski definition) is 1. The summed E-state index contributed by atoms with van der Waals surface area (Å²) in [4.78, 5) is 30.6. The van der Waals surface area contributed by atoms with Crippen LogP contribution in [-0.2, 0) is 16.1 Å². The van der Waals surface area contributed by atoms with E-state index in [2.05, 4.69) is 31.0 Å². The summed E-state index contributed by atoms with van der Waals surface area (Å²) in [6, 6.07) is 16.1. The van der Waals surface area contributed by atoms with Gasteiger partial charge in [-0.15, -0.1) is 0 Å².